The molecule has 4 rings (SSSR count). The summed E-state index contributed by atoms with van der Waals surface area (Å²) in [7, 11) is -4.09. The molecule has 3 aromatic carbocycles. The van der Waals surface area contributed by atoms with Crippen molar-refractivity contribution in [2.45, 2.75) is 30.8 Å². The summed E-state index contributed by atoms with van der Waals surface area (Å²) in [5.41, 5.74) is 1.91. The molecule has 0 radical (unpaired) electrons. The number of hydrogen-bond donors (Lipinski definition) is 0. The molecule has 1 atom stereocenters. The Balaban J connectivity index is 1.74. The van der Waals surface area contributed by atoms with Crippen LogP contribution in [-0.2, 0) is 26.2 Å². The van der Waals surface area contributed by atoms with Crippen molar-refractivity contribution in [3.63, 3.8) is 0 Å². The highest BCUT2D eigenvalue weighted by Gasteiger charge is 2.46. The van der Waals surface area contributed by atoms with Crippen LogP contribution in [0.15, 0.2) is 83.8 Å². The lowest BCUT2D eigenvalue weighted by molar-refractivity contribution is -0.122. The number of hydrogen-bond acceptors (Lipinski definition) is 4. The first-order valence-corrected chi connectivity index (χ1v) is 11.5. The number of sulfonamides is 1. The average Bonchev–Trinajstić information content (AvgIpc) is 3.08. The van der Waals surface area contributed by atoms with Crippen LogP contribution >= 0.6 is 0 Å². The van der Waals surface area contributed by atoms with Gasteiger partial charge in [0.05, 0.1) is 17.0 Å². The number of imide groups is 1. The number of nitrogens with zero attached hydrogens (tertiary/aromatic N) is 2. The molecule has 0 bridgehead atoms. The van der Waals surface area contributed by atoms with Gasteiger partial charge in [-0.05, 0) is 48.9 Å². The van der Waals surface area contributed by atoms with Crippen molar-refractivity contribution in [1.29, 1.82) is 0 Å². The summed E-state index contributed by atoms with van der Waals surface area (Å²) in [6.45, 7) is 1.85. The standard InChI is InChI=1S/C24H21FN2O4S/c1-17-7-9-18(10-8-17)16-26(32(30,31)21-5-3-2-4-6-21)22-15-23(28)27(24(22)29)20-13-11-19(25)12-14-20/h2-14,22H,15-16H2,1H3. The van der Waals surface area contributed by atoms with Gasteiger partial charge in [0.25, 0.3) is 5.91 Å². The topological polar surface area (TPSA) is 74.8 Å². The van der Waals surface area contributed by atoms with Gasteiger partial charge >= 0.3 is 0 Å². The van der Waals surface area contributed by atoms with Gasteiger partial charge in [-0.25, -0.2) is 17.7 Å². The maximum Gasteiger partial charge on any atom is 0.252 e. The highest BCUT2D eigenvalue weighted by atomic mass is 32.2. The van der Waals surface area contributed by atoms with Crippen LogP contribution in [0.25, 0.3) is 0 Å². The Morgan fingerprint density at radius 3 is 2.19 bits per heavy atom. The summed E-state index contributed by atoms with van der Waals surface area (Å²) in [5.74, 6) is -1.70. The summed E-state index contributed by atoms with van der Waals surface area (Å²) in [6.07, 6.45) is -0.297. The van der Waals surface area contributed by atoms with Crippen molar-refractivity contribution in [2.24, 2.45) is 0 Å². The molecular formula is C24H21FN2O4S. The van der Waals surface area contributed by atoms with Crippen LogP contribution in [0.4, 0.5) is 10.1 Å². The smallest absolute Gasteiger partial charge is 0.252 e. The van der Waals surface area contributed by atoms with E-state index in [0.717, 1.165) is 26.9 Å². The first-order valence-electron chi connectivity index (χ1n) is 10.0. The van der Waals surface area contributed by atoms with Crippen molar-refractivity contribution in [1.82, 2.24) is 4.31 Å². The van der Waals surface area contributed by atoms with Gasteiger partial charge in [-0.2, -0.15) is 4.31 Å². The largest absolute Gasteiger partial charge is 0.274 e. The van der Waals surface area contributed by atoms with E-state index in [0.29, 0.717) is 5.56 Å². The van der Waals surface area contributed by atoms with E-state index in [-0.39, 0.29) is 23.5 Å². The molecule has 0 N–H and O–H groups in total. The minimum atomic E-state index is -4.09. The first kappa shape index (κ1) is 21.9. The average molecular weight is 453 g/mol. The quantitative estimate of drug-likeness (QED) is 0.535. The molecular weight excluding hydrogens is 431 g/mol. The minimum absolute atomic E-state index is 0.0348. The molecule has 1 aliphatic heterocycles. The zero-order valence-corrected chi connectivity index (χ0v) is 18.1. The van der Waals surface area contributed by atoms with E-state index in [9.17, 15) is 22.4 Å². The molecule has 0 aliphatic carbocycles. The van der Waals surface area contributed by atoms with Crippen LogP contribution in [-0.4, -0.2) is 30.6 Å². The Labute approximate surface area is 185 Å². The number of rotatable bonds is 6. The lowest BCUT2D eigenvalue weighted by atomic mass is 10.1. The van der Waals surface area contributed by atoms with Crippen molar-refractivity contribution < 1.29 is 22.4 Å². The van der Waals surface area contributed by atoms with Gasteiger partial charge in [0.2, 0.25) is 15.9 Å². The van der Waals surface area contributed by atoms with Gasteiger partial charge in [0, 0.05) is 6.54 Å². The fourth-order valence-electron chi connectivity index (χ4n) is 3.67. The van der Waals surface area contributed by atoms with Gasteiger partial charge < -0.3 is 0 Å². The lowest BCUT2D eigenvalue weighted by Gasteiger charge is -2.27. The Hall–Kier alpha value is -3.36. The summed E-state index contributed by atoms with van der Waals surface area (Å²) in [4.78, 5) is 27.0. The van der Waals surface area contributed by atoms with Crippen molar-refractivity contribution in [3.05, 3.63) is 95.8 Å². The second-order valence-corrected chi connectivity index (χ2v) is 9.50. The molecule has 6 nitrogen and oxygen atoms in total. The number of halogens is 1. The molecule has 1 fully saturated rings. The van der Waals surface area contributed by atoms with E-state index >= 15 is 0 Å². The van der Waals surface area contributed by atoms with E-state index < -0.39 is 33.7 Å². The summed E-state index contributed by atoms with van der Waals surface area (Å²) >= 11 is 0. The van der Waals surface area contributed by atoms with Crippen molar-refractivity contribution >= 4 is 27.5 Å². The number of benzene rings is 3. The Morgan fingerprint density at radius 1 is 0.938 bits per heavy atom. The van der Waals surface area contributed by atoms with Crippen molar-refractivity contribution in [3.8, 4) is 0 Å². The second kappa shape index (κ2) is 8.64. The number of carbonyl (C=O) groups excluding carboxylic acids is 2. The summed E-state index contributed by atoms with van der Waals surface area (Å²) in [5, 5.41) is 0. The molecule has 164 valence electrons. The van der Waals surface area contributed by atoms with E-state index in [2.05, 4.69) is 0 Å². The minimum Gasteiger partial charge on any atom is -0.274 e. The van der Waals surface area contributed by atoms with Crippen molar-refractivity contribution in [2.75, 3.05) is 4.90 Å². The molecule has 1 unspecified atom stereocenters. The monoisotopic (exact) mass is 452 g/mol. The van der Waals surface area contributed by atoms with Crippen LogP contribution < -0.4 is 4.90 Å². The number of carbonyl (C=O) groups is 2. The Kier molecular flexibility index (Phi) is 5.90. The number of aryl methyl sites for hydroxylation is 1. The fourth-order valence-corrected chi connectivity index (χ4v) is 5.26. The summed E-state index contributed by atoms with van der Waals surface area (Å²) in [6, 6.07) is 18.8. The normalized spacial score (nSPS) is 16.7. The Bertz CT molecular complexity index is 1240. The Morgan fingerprint density at radius 2 is 1.56 bits per heavy atom. The molecule has 0 saturated carbocycles. The predicted molar refractivity (Wildman–Crippen MR) is 118 cm³/mol. The second-order valence-electron chi connectivity index (χ2n) is 7.61. The molecule has 2 amide bonds. The van der Waals surface area contributed by atoms with Gasteiger partial charge in [0.1, 0.15) is 11.9 Å². The van der Waals surface area contributed by atoms with E-state index in [1.54, 1.807) is 30.3 Å². The SMILES string of the molecule is Cc1ccc(CN(C2CC(=O)N(c3ccc(F)cc3)C2=O)S(=O)(=O)c2ccccc2)cc1. The van der Waals surface area contributed by atoms with Crippen LogP contribution in [0.2, 0.25) is 0 Å². The zero-order valence-electron chi connectivity index (χ0n) is 17.3. The molecule has 32 heavy (non-hydrogen) atoms. The third kappa shape index (κ3) is 4.19. The fraction of sp³-hybridized carbons (Fsp3) is 0.167. The molecule has 1 saturated heterocycles. The third-order valence-corrected chi connectivity index (χ3v) is 7.23. The lowest BCUT2D eigenvalue weighted by Crippen LogP contribution is -2.45. The first-order chi connectivity index (χ1) is 15.3. The molecule has 8 heteroatoms. The predicted octanol–water partition coefficient (Wildman–Crippen LogP) is 3.66. The molecule has 0 aromatic heterocycles. The molecule has 1 aliphatic rings. The van der Waals surface area contributed by atoms with Crippen LogP contribution in [0.5, 0.6) is 0 Å². The number of amides is 2. The van der Waals surface area contributed by atoms with E-state index in [4.69, 9.17) is 0 Å². The van der Waals surface area contributed by atoms with Crippen LogP contribution in [0.1, 0.15) is 17.5 Å². The highest BCUT2D eigenvalue weighted by Crippen LogP contribution is 2.30. The van der Waals surface area contributed by atoms with E-state index in [1.165, 1.54) is 24.3 Å². The maximum atomic E-state index is 13.5. The maximum absolute atomic E-state index is 13.5. The molecule has 3 aromatic rings. The van der Waals surface area contributed by atoms with Gasteiger partial charge in [-0.1, -0.05) is 48.0 Å². The van der Waals surface area contributed by atoms with Gasteiger partial charge in [-0.3, -0.25) is 9.59 Å². The van der Waals surface area contributed by atoms with Crippen LogP contribution in [0.3, 0.4) is 0 Å². The third-order valence-electron chi connectivity index (χ3n) is 5.36. The zero-order chi connectivity index (χ0) is 22.9. The van der Waals surface area contributed by atoms with Crippen LogP contribution in [0, 0.1) is 12.7 Å². The molecule has 1 heterocycles. The van der Waals surface area contributed by atoms with E-state index in [1.807, 2.05) is 19.1 Å². The summed E-state index contributed by atoms with van der Waals surface area (Å²) < 4.78 is 41.4. The van der Waals surface area contributed by atoms with Gasteiger partial charge in [-0.15, -0.1) is 0 Å². The molecule has 0 spiro atoms. The van der Waals surface area contributed by atoms with Gasteiger partial charge in [0.15, 0.2) is 0 Å². The number of anilines is 1. The highest BCUT2D eigenvalue weighted by molar-refractivity contribution is 7.89.